The highest BCUT2D eigenvalue weighted by Crippen LogP contribution is 2.40. The number of anilines is 1. The van der Waals surface area contributed by atoms with Crippen LogP contribution in [0, 0.1) is 6.92 Å². The van der Waals surface area contributed by atoms with Crippen molar-refractivity contribution in [1.29, 1.82) is 0 Å². The third-order valence-electron chi connectivity index (χ3n) is 7.94. The van der Waals surface area contributed by atoms with Crippen LogP contribution in [0.3, 0.4) is 0 Å². The molecule has 38 heavy (non-hydrogen) atoms. The smallest absolute Gasteiger partial charge is 0.329 e. The van der Waals surface area contributed by atoms with Gasteiger partial charge in [-0.15, -0.1) is 0 Å². The molecule has 0 heterocycles. The standard InChI is InChI=1S/C31H35NO6/c1-19-28(36-3)14-22(15-29(19)37-4)27-10-9-24(32-31(30(33)34)16-26(17-31)35-2)11-23(27)18-38-25-12-20-7-5-6-8-21(20)13-25/h5-11,14-15,25-26,32H,12-13,16-18H2,1-4H3,(H,33,34). The zero-order chi connectivity index (χ0) is 26.9. The van der Waals surface area contributed by atoms with Gasteiger partial charge < -0.3 is 29.4 Å². The van der Waals surface area contributed by atoms with Gasteiger partial charge in [-0.2, -0.15) is 0 Å². The Morgan fingerprint density at radius 3 is 2.13 bits per heavy atom. The number of hydrogen-bond donors (Lipinski definition) is 2. The molecule has 7 nitrogen and oxygen atoms in total. The molecule has 1 saturated carbocycles. The second kappa shape index (κ2) is 10.7. The summed E-state index contributed by atoms with van der Waals surface area (Å²) in [7, 11) is 4.92. The van der Waals surface area contributed by atoms with Gasteiger partial charge in [-0.05, 0) is 71.8 Å². The number of carboxylic acids is 1. The molecule has 0 spiro atoms. The van der Waals surface area contributed by atoms with Gasteiger partial charge in [-0.1, -0.05) is 30.3 Å². The van der Waals surface area contributed by atoms with Gasteiger partial charge in [0.05, 0.1) is 33.0 Å². The quantitative estimate of drug-likeness (QED) is 0.372. The van der Waals surface area contributed by atoms with Gasteiger partial charge >= 0.3 is 5.97 Å². The van der Waals surface area contributed by atoms with Crippen LogP contribution in [0.1, 0.15) is 35.1 Å². The van der Waals surface area contributed by atoms with Gasteiger partial charge in [0.25, 0.3) is 0 Å². The molecule has 0 amide bonds. The van der Waals surface area contributed by atoms with Gasteiger partial charge in [0.1, 0.15) is 17.0 Å². The summed E-state index contributed by atoms with van der Waals surface area (Å²) in [6.45, 7) is 2.36. The second-order valence-corrected chi connectivity index (χ2v) is 10.3. The molecule has 0 aliphatic heterocycles. The first-order valence-corrected chi connectivity index (χ1v) is 12.9. The summed E-state index contributed by atoms with van der Waals surface area (Å²) in [5.41, 5.74) is 6.19. The topological polar surface area (TPSA) is 86.3 Å². The Morgan fingerprint density at radius 2 is 1.58 bits per heavy atom. The largest absolute Gasteiger partial charge is 0.496 e. The molecule has 0 aromatic heterocycles. The minimum absolute atomic E-state index is 0.0582. The first kappa shape index (κ1) is 26.1. The molecule has 0 radical (unpaired) electrons. The van der Waals surface area contributed by atoms with Crippen LogP contribution in [0.5, 0.6) is 11.5 Å². The number of rotatable bonds is 10. The van der Waals surface area contributed by atoms with Crippen molar-refractivity contribution >= 4 is 11.7 Å². The van der Waals surface area contributed by atoms with E-state index in [1.165, 1.54) is 11.1 Å². The molecular formula is C31H35NO6. The zero-order valence-corrected chi connectivity index (χ0v) is 22.4. The van der Waals surface area contributed by atoms with Gasteiger partial charge in [-0.25, -0.2) is 4.79 Å². The minimum atomic E-state index is -1.04. The molecule has 2 aliphatic carbocycles. The van der Waals surface area contributed by atoms with Crippen molar-refractivity contribution in [1.82, 2.24) is 0 Å². The third kappa shape index (κ3) is 4.96. The maximum atomic E-state index is 12.2. The number of hydrogen-bond acceptors (Lipinski definition) is 6. The molecule has 0 bridgehead atoms. The lowest BCUT2D eigenvalue weighted by Gasteiger charge is -2.44. The summed E-state index contributed by atoms with van der Waals surface area (Å²) in [5, 5.41) is 13.3. The maximum Gasteiger partial charge on any atom is 0.329 e. The van der Waals surface area contributed by atoms with Crippen LogP contribution in [0.15, 0.2) is 54.6 Å². The fraction of sp³-hybridized carbons (Fsp3) is 0.387. The molecule has 0 unspecified atom stereocenters. The number of fused-ring (bicyclic) bond motifs is 1. The first-order valence-electron chi connectivity index (χ1n) is 12.9. The van der Waals surface area contributed by atoms with E-state index in [-0.39, 0.29) is 12.2 Å². The third-order valence-corrected chi connectivity index (χ3v) is 7.94. The lowest BCUT2D eigenvalue weighted by atomic mass is 9.74. The molecule has 200 valence electrons. The van der Waals surface area contributed by atoms with Crippen molar-refractivity contribution in [3.8, 4) is 22.6 Å². The molecule has 3 aromatic carbocycles. The maximum absolute atomic E-state index is 12.2. The number of aliphatic carboxylic acids is 1. The van der Waals surface area contributed by atoms with Crippen LogP contribution < -0.4 is 14.8 Å². The number of benzene rings is 3. The Balaban J connectivity index is 1.46. The fourth-order valence-electron chi connectivity index (χ4n) is 5.65. The molecule has 3 aromatic rings. The number of carbonyl (C=O) groups is 1. The second-order valence-electron chi connectivity index (χ2n) is 10.3. The Kier molecular flexibility index (Phi) is 7.32. The van der Waals surface area contributed by atoms with E-state index in [0.717, 1.165) is 52.3 Å². The van der Waals surface area contributed by atoms with E-state index in [2.05, 4.69) is 29.6 Å². The molecular weight excluding hydrogens is 482 g/mol. The van der Waals surface area contributed by atoms with E-state index in [9.17, 15) is 9.90 Å². The van der Waals surface area contributed by atoms with E-state index < -0.39 is 11.5 Å². The summed E-state index contributed by atoms with van der Waals surface area (Å²) in [6.07, 6.45) is 2.64. The number of nitrogens with one attached hydrogen (secondary N) is 1. The molecule has 0 atom stereocenters. The minimum Gasteiger partial charge on any atom is -0.496 e. The molecule has 2 N–H and O–H groups in total. The Hall–Kier alpha value is -3.55. The molecule has 7 heteroatoms. The summed E-state index contributed by atoms with van der Waals surface area (Å²) < 4.78 is 23.1. The Bertz CT molecular complexity index is 1280. The van der Waals surface area contributed by atoms with Crippen molar-refractivity contribution in [2.24, 2.45) is 0 Å². The van der Waals surface area contributed by atoms with E-state index in [0.29, 0.717) is 19.4 Å². The van der Waals surface area contributed by atoms with Crippen LogP contribution in [-0.2, 0) is 33.7 Å². The average Bonchev–Trinajstić information content (AvgIpc) is 3.32. The van der Waals surface area contributed by atoms with Gasteiger partial charge in [0, 0.05) is 31.2 Å². The first-order chi connectivity index (χ1) is 18.4. The van der Waals surface area contributed by atoms with Crippen molar-refractivity contribution in [2.45, 2.75) is 57.0 Å². The molecule has 1 fully saturated rings. The number of methoxy groups -OCH3 is 3. The van der Waals surface area contributed by atoms with Crippen molar-refractivity contribution < 1.29 is 28.8 Å². The van der Waals surface area contributed by atoms with Gasteiger partial charge in [0.2, 0.25) is 0 Å². The average molecular weight is 518 g/mol. The SMILES string of the molecule is COc1cc(-c2ccc(NC3(C(=O)O)CC(OC)C3)cc2COC2Cc3ccccc3C2)cc(OC)c1C. The van der Waals surface area contributed by atoms with Crippen LogP contribution in [-0.4, -0.2) is 50.2 Å². The van der Waals surface area contributed by atoms with Crippen LogP contribution in [0.4, 0.5) is 5.69 Å². The van der Waals surface area contributed by atoms with Crippen molar-refractivity contribution in [2.75, 3.05) is 26.6 Å². The molecule has 0 saturated heterocycles. The summed E-state index contributed by atoms with van der Waals surface area (Å²) in [6, 6.07) is 18.4. The van der Waals surface area contributed by atoms with E-state index in [1.54, 1.807) is 21.3 Å². The van der Waals surface area contributed by atoms with Crippen molar-refractivity contribution in [3.63, 3.8) is 0 Å². The summed E-state index contributed by atoms with van der Waals surface area (Å²) in [5.74, 6) is 0.610. The summed E-state index contributed by atoms with van der Waals surface area (Å²) in [4.78, 5) is 12.2. The number of ether oxygens (including phenoxy) is 4. The lowest BCUT2D eigenvalue weighted by Crippen LogP contribution is -2.59. The fourth-order valence-corrected chi connectivity index (χ4v) is 5.65. The van der Waals surface area contributed by atoms with Crippen molar-refractivity contribution in [3.05, 3.63) is 76.9 Å². The van der Waals surface area contributed by atoms with Gasteiger partial charge in [-0.3, -0.25) is 0 Å². The van der Waals surface area contributed by atoms with Crippen LogP contribution in [0.2, 0.25) is 0 Å². The monoisotopic (exact) mass is 517 g/mol. The van der Waals surface area contributed by atoms with Crippen LogP contribution in [0.25, 0.3) is 11.1 Å². The molecule has 5 rings (SSSR count). The Labute approximate surface area is 223 Å². The normalized spacial score (nSPS) is 20.5. The predicted octanol–water partition coefficient (Wildman–Crippen LogP) is 5.41. The Morgan fingerprint density at radius 1 is 0.947 bits per heavy atom. The lowest BCUT2D eigenvalue weighted by molar-refractivity contribution is -0.151. The van der Waals surface area contributed by atoms with E-state index in [1.807, 2.05) is 37.3 Å². The highest BCUT2D eigenvalue weighted by Gasteiger charge is 2.51. The highest BCUT2D eigenvalue weighted by atomic mass is 16.5. The number of carboxylic acid groups (broad SMARTS) is 1. The summed E-state index contributed by atoms with van der Waals surface area (Å²) >= 11 is 0. The van der Waals surface area contributed by atoms with E-state index in [4.69, 9.17) is 18.9 Å². The van der Waals surface area contributed by atoms with Gasteiger partial charge in [0.15, 0.2) is 0 Å². The molecule has 2 aliphatic rings. The van der Waals surface area contributed by atoms with E-state index >= 15 is 0 Å². The highest BCUT2D eigenvalue weighted by molar-refractivity contribution is 5.85. The zero-order valence-electron chi connectivity index (χ0n) is 22.4. The van der Waals surface area contributed by atoms with Crippen LogP contribution >= 0.6 is 0 Å². The predicted molar refractivity (Wildman–Crippen MR) is 146 cm³/mol.